The smallest absolute Gasteiger partial charge is 0.267 e. The molecule has 0 saturated carbocycles. The number of ketones is 4. The van der Waals surface area contributed by atoms with Gasteiger partial charge in [0.05, 0.1) is 0 Å². The molecule has 1 amide bonds. The number of aliphatic hydroxyl groups excluding tert-OH is 4. The fourth-order valence-electron chi connectivity index (χ4n) is 15.4. The first-order valence-corrected chi connectivity index (χ1v) is 43.1. The Morgan fingerprint density at radius 3 is 0.886 bits per heavy atom. The third-order valence-corrected chi connectivity index (χ3v) is 22.6. The lowest BCUT2D eigenvalue weighted by molar-refractivity contribution is -0.124. The minimum Gasteiger partial charge on any atom is -0.388 e. The van der Waals surface area contributed by atoms with Gasteiger partial charge in [0, 0.05) is 125 Å². The molecule has 0 atom stereocenters. The molecule has 123 heavy (non-hydrogen) atoms. The van der Waals surface area contributed by atoms with Crippen LogP contribution in [0.4, 0.5) is 28.7 Å². The van der Waals surface area contributed by atoms with Crippen LogP contribution in [0.3, 0.4) is 0 Å². The molecule has 8 aromatic carbocycles. The van der Waals surface area contributed by atoms with E-state index >= 15 is 0 Å². The zero-order valence-electron chi connectivity index (χ0n) is 71.2. The van der Waals surface area contributed by atoms with E-state index in [0.29, 0.717) is 0 Å². The number of hydroxylamine groups is 1. The van der Waals surface area contributed by atoms with E-state index < -0.39 is 32.3 Å². The Balaban J connectivity index is 0.000000150. The number of carbonyl (C=O) groups excluding carboxylic acids is 5. The van der Waals surface area contributed by atoms with Crippen molar-refractivity contribution < 1.29 is 49.6 Å². The van der Waals surface area contributed by atoms with Crippen LogP contribution >= 0.6 is 0 Å². The van der Waals surface area contributed by atoms with E-state index in [1.54, 1.807) is 35.9 Å². The van der Waals surface area contributed by atoms with Crippen LogP contribution in [0, 0.1) is 13.8 Å². The molecule has 15 rings (SSSR count). The van der Waals surface area contributed by atoms with E-state index in [4.69, 9.17) is 25.6 Å². The lowest BCUT2D eigenvalue weighted by atomic mass is 9.97. The van der Waals surface area contributed by atoms with Gasteiger partial charge in [-0.2, -0.15) is 0 Å². The summed E-state index contributed by atoms with van der Waals surface area (Å²) in [5, 5.41) is 43.4. The molecule has 2 aromatic heterocycles. The average Bonchev–Trinajstić information content (AvgIpc) is 0.765. The van der Waals surface area contributed by atoms with Crippen LogP contribution in [-0.2, 0) is 24.0 Å². The molecule has 0 spiro atoms. The van der Waals surface area contributed by atoms with Gasteiger partial charge in [-0.25, -0.2) is 15.4 Å². The zero-order valence-corrected chi connectivity index (χ0v) is 71.2. The number of nitrogens with zero attached hydrogens (tertiary/aromatic N) is 8. The number of aliphatic hydroxyl groups is 4. The first kappa shape index (κ1) is 91.4. The van der Waals surface area contributed by atoms with Gasteiger partial charge < -0.3 is 49.8 Å². The zero-order chi connectivity index (χ0) is 86.5. The fourth-order valence-corrected chi connectivity index (χ4v) is 15.4. The van der Waals surface area contributed by atoms with Crippen molar-refractivity contribution in [1.29, 1.82) is 0 Å². The monoisotopic (exact) mass is 1650 g/mol. The first-order chi connectivity index (χ1) is 60.0. The normalized spacial score (nSPS) is 15.0. The number of hydrogen-bond acceptors (Lipinski definition) is 18. The molecule has 0 unspecified atom stereocenters. The van der Waals surface area contributed by atoms with Crippen LogP contribution in [0.1, 0.15) is 116 Å². The number of benzene rings is 8. The quantitative estimate of drug-likeness (QED) is 0.0187. The maximum atomic E-state index is 11.2. The minimum absolute atomic E-state index is 0.282. The van der Waals surface area contributed by atoms with E-state index in [0.717, 1.165) is 157 Å². The number of carbonyl (C=O) groups is 5. The Bertz CT molecular complexity index is 4890. The summed E-state index contributed by atoms with van der Waals surface area (Å²) in [6.07, 6.45) is 34.8. The Hall–Kier alpha value is -12.3. The van der Waals surface area contributed by atoms with Gasteiger partial charge in [-0.1, -0.05) is 170 Å². The highest BCUT2D eigenvalue weighted by Crippen LogP contribution is 2.33. The number of hydrogen-bond donors (Lipinski definition) is 6. The number of amides is 1. The van der Waals surface area contributed by atoms with Crippen molar-refractivity contribution in [2.24, 2.45) is 0 Å². The number of anilines is 5. The summed E-state index contributed by atoms with van der Waals surface area (Å²) >= 11 is 0. The van der Waals surface area contributed by atoms with Crippen LogP contribution in [0.25, 0.3) is 86.0 Å². The van der Waals surface area contributed by atoms with Crippen molar-refractivity contribution in [2.75, 3.05) is 137 Å². The van der Waals surface area contributed by atoms with Crippen LogP contribution in [-0.4, -0.2) is 182 Å². The molecule has 6 N–H and O–H groups in total. The highest BCUT2D eigenvalue weighted by molar-refractivity contribution is 5.96. The molecule has 5 aliphatic heterocycles. The summed E-state index contributed by atoms with van der Waals surface area (Å²) in [5.74, 6) is 0.415. The maximum Gasteiger partial charge on any atom is 0.267 e. The average molecular weight is 1650 g/mol. The third kappa shape index (κ3) is 28.6. The van der Waals surface area contributed by atoms with E-state index in [1.807, 2.05) is 91.3 Å². The van der Waals surface area contributed by atoms with Crippen LogP contribution < -0.4 is 30.0 Å². The summed E-state index contributed by atoms with van der Waals surface area (Å²) in [4.78, 5) is 79.2. The largest absolute Gasteiger partial charge is 0.388 e. The Labute approximate surface area is 725 Å². The Kier molecular flexibility index (Phi) is 35.9. The molecule has 5 fully saturated rings. The lowest BCUT2D eigenvalue weighted by Crippen LogP contribution is -2.44. The van der Waals surface area contributed by atoms with Crippen molar-refractivity contribution in [3.63, 3.8) is 0 Å². The second kappa shape index (κ2) is 48.3. The van der Waals surface area contributed by atoms with Crippen molar-refractivity contribution >= 4 is 88.1 Å². The van der Waals surface area contributed by atoms with Crippen LogP contribution in [0.2, 0.25) is 0 Å². The molecule has 19 nitrogen and oxygen atoms in total. The first-order valence-electron chi connectivity index (χ1n) is 43.1. The second-order valence-electron chi connectivity index (χ2n) is 31.6. The van der Waals surface area contributed by atoms with Gasteiger partial charge in [0.2, 0.25) is 0 Å². The highest BCUT2D eigenvalue weighted by Gasteiger charge is 2.19. The van der Waals surface area contributed by atoms with E-state index in [2.05, 4.69) is 188 Å². The number of piperidine rings is 4. The summed E-state index contributed by atoms with van der Waals surface area (Å²) in [6.45, 7) is 15.7. The number of aryl methyl sites for hydroxylation is 2. The number of nitrogens with one attached hydrogen (secondary N) is 1. The van der Waals surface area contributed by atoms with E-state index in [-0.39, 0.29) is 23.1 Å². The molecule has 0 bridgehead atoms. The van der Waals surface area contributed by atoms with Gasteiger partial charge in [-0.05, 0) is 272 Å². The number of likely N-dealkylation sites (N-methyl/N-ethyl adjacent to an activating group) is 1. The maximum absolute atomic E-state index is 11.2. The number of pyridine rings is 2. The minimum atomic E-state index is -0.545. The summed E-state index contributed by atoms with van der Waals surface area (Å²) < 4.78 is 0. The van der Waals surface area contributed by atoms with Gasteiger partial charge in [0.1, 0.15) is 38.1 Å². The molecular weight excluding hydrogens is 1540 g/mol. The standard InChI is InChI=1S/C22H25NO2.2C21H24N2O2.C21H23NO2.C19H21N3O2/c1-17-15-18(5-11-21(25)16-24)6-12-22(17)19-7-9-20(10-8-19)23-13-3-2-4-14-23;1-22-12-14-23(15-13-22)20-9-7-19(8-10-20)18-5-2-17(3-6-18)4-11-21(25)16-24;1-16-13-17(5-8-19(25)15-24)6-9-20(16)18-7-10-21(22-14-18)23-11-3-2-4-12-23;23-16-21(24)13-6-17-4-7-18(8-5-17)19-9-11-20(12-10-19)22-14-2-1-3-15-22;23-19(21-24)11-6-15-4-7-16(8-5-15)17-9-10-18(20-14-17)22-12-2-1-3-13-22/h5-12,15,24H,2-4,13-14,16H2,1H3;2-11,24H,12-16H2,1H3;5-10,13-14,24H,2-4,11-12,15H2,1H3;4-13,23H,1-3,14-16H2;4-11,14,24H,1-3,12-13H2,(H,21,23)/b11-5+;11-4+;8-5+;13-6+;11-6+. The van der Waals surface area contributed by atoms with Gasteiger partial charge >= 0.3 is 0 Å². The molecule has 0 aliphatic carbocycles. The molecule has 10 aromatic rings. The van der Waals surface area contributed by atoms with Crippen LogP contribution in [0.5, 0.6) is 0 Å². The molecule has 19 heteroatoms. The predicted octanol–water partition coefficient (Wildman–Crippen LogP) is 17.7. The van der Waals surface area contributed by atoms with Gasteiger partial charge in [-0.15, -0.1) is 0 Å². The number of rotatable bonds is 24. The van der Waals surface area contributed by atoms with Gasteiger partial charge in [0.25, 0.3) is 5.91 Å². The molecule has 5 aliphatic rings. The van der Waals surface area contributed by atoms with E-state index in [1.165, 1.54) is 152 Å². The number of piperazine rings is 1. The van der Waals surface area contributed by atoms with Crippen molar-refractivity contribution in [1.82, 2.24) is 20.3 Å². The Morgan fingerprint density at radius 2 is 0.569 bits per heavy atom. The van der Waals surface area contributed by atoms with Crippen molar-refractivity contribution in [3.8, 4) is 55.6 Å². The second-order valence-corrected chi connectivity index (χ2v) is 31.6. The summed E-state index contributed by atoms with van der Waals surface area (Å²) in [6, 6.07) is 70.9. The fraction of sp³-hybridized carbons (Fsp3) is 0.298. The lowest BCUT2D eigenvalue weighted by Gasteiger charge is -2.34. The van der Waals surface area contributed by atoms with E-state index in [9.17, 15) is 24.0 Å². The predicted molar refractivity (Wildman–Crippen MR) is 502 cm³/mol. The Morgan fingerprint density at radius 1 is 0.301 bits per heavy atom. The SMILES string of the molecule is CN1CCN(c2ccc(-c3ccc(/C=C/C(=O)CO)cc3)cc2)CC1.Cc1cc(/C=C/C(=O)CO)ccc1-c1ccc(N2CCCCC2)cc1.Cc1cc(/C=C/C(=O)CO)ccc1-c1ccc(N2CCCCC2)nc1.O=C(/C=C/c1ccc(-c2ccc(N3CCCCC3)cc2)cc1)CO.O=C(/C=C/c1ccc(-c2ccc(N3CCCCC3)nc2)cc1)NO. The molecular formula is C104H117N9O10. The highest BCUT2D eigenvalue weighted by atomic mass is 16.5. The summed E-state index contributed by atoms with van der Waals surface area (Å²) in [7, 11) is 2.17. The van der Waals surface area contributed by atoms with Gasteiger partial charge in [0.15, 0.2) is 23.1 Å². The molecule has 0 radical (unpaired) electrons. The topological polar surface area (TPSA) is 244 Å². The van der Waals surface area contributed by atoms with Crippen LogP contribution in [0.15, 0.2) is 249 Å². The molecule has 7 heterocycles. The molecule has 638 valence electrons. The van der Waals surface area contributed by atoms with Crippen molar-refractivity contribution in [3.05, 3.63) is 288 Å². The van der Waals surface area contributed by atoms with Gasteiger partial charge in [-0.3, -0.25) is 29.2 Å². The third-order valence-electron chi connectivity index (χ3n) is 22.6. The van der Waals surface area contributed by atoms with Crippen molar-refractivity contribution in [2.45, 2.75) is 90.9 Å². The number of aromatic nitrogens is 2. The molecule has 5 saturated heterocycles. The summed E-state index contributed by atoms with van der Waals surface area (Å²) in [5.41, 5.74) is 23.9.